The quantitative estimate of drug-likeness (QED) is 0.807. The summed E-state index contributed by atoms with van der Waals surface area (Å²) in [5, 5.41) is 2.95. The molecule has 0 aliphatic heterocycles. The smallest absolute Gasteiger partial charge is 0.149 e. The van der Waals surface area contributed by atoms with Crippen molar-refractivity contribution in [2.45, 2.75) is 6.92 Å². The maximum atomic E-state index is 10.8. The molecule has 0 aliphatic rings. The lowest BCUT2D eigenvalue weighted by atomic mass is 10.3. The van der Waals surface area contributed by atoms with Gasteiger partial charge in [-0.15, -0.1) is 0 Å². The lowest BCUT2D eigenvalue weighted by Gasteiger charge is -2.04. The molecule has 78 valence electrons. The third-order valence-electron chi connectivity index (χ3n) is 1.69. The Bertz CT molecular complexity index is 401. The molecule has 0 atom stereocenters. The Morgan fingerprint density at radius 1 is 1.50 bits per heavy atom. The van der Waals surface area contributed by atoms with Crippen molar-refractivity contribution in [3.63, 3.8) is 0 Å². The van der Waals surface area contributed by atoms with Crippen molar-refractivity contribution < 1.29 is 8.42 Å². The van der Waals surface area contributed by atoms with E-state index in [1.54, 1.807) is 6.20 Å². The zero-order chi connectivity index (χ0) is 10.6. The molecule has 0 spiro atoms. The molecule has 0 aliphatic carbocycles. The minimum absolute atomic E-state index is 0.128. The summed E-state index contributed by atoms with van der Waals surface area (Å²) in [7, 11) is -2.89. The summed E-state index contributed by atoms with van der Waals surface area (Å²) in [6.07, 6.45) is 2.91. The topological polar surface area (TPSA) is 59.1 Å². The lowest BCUT2D eigenvalue weighted by Crippen LogP contribution is -2.14. The maximum absolute atomic E-state index is 10.8. The van der Waals surface area contributed by atoms with Gasteiger partial charge in [0.1, 0.15) is 15.7 Å². The van der Waals surface area contributed by atoms with Crippen molar-refractivity contribution in [2.75, 3.05) is 23.9 Å². The Hall–Kier alpha value is -1.10. The van der Waals surface area contributed by atoms with Gasteiger partial charge < -0.3 is 5.32 Å². The number of rotatable bonds is 4. The fourth-order valence-corrected chi connectivity index (χ4v) is 1.47. The highest BCUT2D eigenvalue weighted by Crippen LogP contribution is 2.04. The van der Waals surface area contributed by atoms with Gasteiger partial charge in [0.05, 0.1) is 5.75 Å². The summed E-state index contributed by atoms with van der Waals surface area (Å²) in [6, 6.07) is 3.77. The molecule has 1 rings (SSSR count). The number of pyridine rings is 1. The van der Waals surface area contributed by atoms with Gasteiger partial charge in [-0.2, -0.15) is 0 Å². The highest BCUT2D eigenvalue weighted by molar-refractivity contribution is 7.90. The van der Waals surface area contributed by atoms with Crippen LogP contribution >= 0.6 is 0 Å². The van der Waals surface area contributed by atoms with E-state index in [9.17, 15) is 8.42 Å². The van der Waals surface area contributed by atoms with Crippen LogP contribution in [0.25, 0.3) is 0 Å². The summed E-state index contributed by atoms with van der Waals surface area (Å²) in [5.74, 6) is 0.844. The Labute approximate surface area is 84.3 Å². The maximum Gasteiger partial charge on any atom is 0.149 e. The molecular formula is C9H14N2O2S. The molecule has 1 aromatic heterocycles. The van der Waals surface area contributed by atoms with Crippen LogP contribution in [0, 0.1) is 6.92 Å². The van der Waals surface area contributed by atoms with Gasteiger partial charge in [0.25, 0.3) is 0 Å². The van der Waals surface area contributed by atoms with Gasteiger partial charge in [0.2, 0.25) is 0 Å². The fraction of sp³-hybridized carbons (Fsp3) is 0.444. The largest absolute Gasteiger partial charge is 0.369 e. The van der Waals surface area contributed by atoms with Crippen molar-refractivity contribution in [3.05, 3.63) is 23.9 Å². The number of aromatic nitrogens is 1. The van der Waals surface area contributed by atoms with E-state index in [0.29, 0.717) is 12.4 Å². The van der Waals surface area contributed by atoms with Crippen molar-refractivity contribution in [3.8, 4) is 0 Å². The molecule has 0 amide bonds. The van der Waals surface area contributed by atoms with Gasteiger partial charge in [-0.05, 0) is 24.6 Å². The summed E-state index contributed by atoms with van der Waals surface area (Å²) >= 11 is 0. The molecule has 1 heterocycles. The summed E-state index contributed by atoms with van der Waals surface area (Å²) in [5.41, 5.74) is 1.10. The third-order valence-corrected chi connectivity index (χ3v) is 2.64. The van der Waals surface area contributed by atoms with Crippen molar-refractivity contribution in [1.82, 2.24) is 4.98 Å². The monoisotopic (exact) mass is 214 g/mol. The molecule has 14 heavy (non-hydrogen) atoms. The molecule has 1 aromatic rings. The highest BCUT2D eigenvalue weighted by Gasteiger charge is 2.01. The minimum atomic E-state index is -2.89. The van der Waals surface area contributed by atoms with Gasteiger partial charge in [-0.3, -0.25) is 0 Å². The zero-order valence-electron chi connectivity index (χ0n) is 8.32. The molecule has 4 nitrogen and oxygen atoms in total. The van der Waals surface area contributed by atoms with Crippen molar-refractivity contribution in [1.29, 1.82) is 0 Å². The molecule has 0 saturated carbocycles. The highest BCUT2D eigenvalue weighted by atomic mass is 32.2. The molecule has 0 fully saturated rings. The van der Waals surface area contributed by atoms with E-state index < -0.39 is 9.84 Å². The average Bonchev–Trinajstić information content (AvgIpc) is 2.01. The number of anilines is 1. The second-order valence-corrected chi connectivity index (χ2v) is 5.53. The summed E-state index contributed by atoms with van der Waals surface area (Å²) in [4.78, 5) is 4.05. The molecule has 0 aromatic carbocycles. The second kappa shape index (κ2) is 4.41. The number of sulfone groups is 1. The van der Waals surface area contributed by atoms with Crippen LogP contribution in [-0.2, 0) is 9.84 Å². The van der Waals surface area contributed by atoms with E-state index in [0.717, 1.165) is 5.56 Å². The predicted molar refractivity (Wildman–Crippen MR) is 57.2 cm³/mol. The van der Waals surface area contributed by atoms with Crippen LogP contribution in [0.2, 0.25) is 0 Å². The van der Waals surface area contributed by atoms with Crippen molar-refractivity contribution in [2.24, 2.45) is 0 Å². The Morgan fingerprint density at radius 2 is 2.21 bits per heavy atom. The van der Waals surface area contributed by atoms with Gasteiger partial charge in [-0.25, -0.2) is 13.4 Å². The second-order valence-electron chi connectivity index (χ2n) is 3.28. The van der Waals surface area contributed by atoms with Gasteiger partial charge in [-0.1, -0.05) is 0 Å². The third kappa shape index (κ3) is 4.23. The van der Waals surface area contributed by atoms with Crippen LogP contribution in [-0.4, -0.2) is 32.0 Å². The predicted octanol–water partition coefficient (Wildman–Crippen LogP) is 0.847. The van der Waals surface area contributed by atoms with Crippen LogP contribution in [0.15, 0.2) is 18.3 Å². The average molecular weight is 214 g/mol. The number of nitrogens with one attached hydrogen (secondary N) is 1. The zero-order valence-corrected chi connectivity index (χ0v) is 9.13. The van der Waals surface area contributed by atoms with E-state index in [-0.39, 0.29) is 5.75 Å². The van der Waals surface area contributed by atoms with Crippen molar-refractivity contribution >= 4 is 15.7 Å². The Balaban J connectivity index is 2.47. The Kier molecular flexibility index (Phi) is 3.46. The number of nitrogens with zero attached hydrogens (tertiary/aromatic N) is 1. The first-order chi connectivity index (χ1) is 6.47. The molecule has 0 radical (unpaired) electrons. The molecular weight excluding hydrogens is 200 g/mol. The minimum Gasteiger partial charge on any atom is -0.369 e. The molecule has 0 unspecified atom stereocenters. The van der Waals surface area contributed by atoms with E-state index in [1.165, 1.54) is 6.26 Å². The van der Waals surface area contributed by atoms with E-state index in [4.69, 9.17) is 0 Å². The van der Waals surface area contributed by atoms with Gasteiger partial charge >= 0.3 is 0 Å². The number of hydrogen-bond donors (Lipinski definition) is 1. The van der Waals surface area contributed by atoms with E-state index in [1.807, 2.05) is 19.1 Å². The summed E-state index contributed by atoms with van der Waals surface area (Å²) in [6.45, 7) is 2.36. The Morgan fingerprint density at radius 3 is 2.79 bits per heavy atom. The first-order valence-electron chi connectivity index (χ1n) is 4.31. The van der Waals surface area contributed by atoms with Crippen LogP contribution in [0.4, 0.5) is 5.82 Å². The van der Waals surface area contributed by atoms with Gasteiger partial charge in [0, 0.05) is 19.0 Å². The molecule has 1 N–H and O–H groups in total. The first-order valence-corrected chi connectivity index (χ1v) is 6.38. The number of aryl methyl sites for hydroxylation is 1. The molecule has 0 bridgehead atoms. The normalized spacial score (nSPS) is 11.3. The van der Waals surface area contributed by atoms with Crippen LogP contribution < -0.4 is 5.32 Å². The lowest BCUT2D eigenvalue weighted by molar-refractivity contribution is 0.602. The first kappa shape index (κ1) is 11.0. The van der Waals surface area contributed by atoms with E-state index in [2.05, 4.69) is 10.3 Å². The van der Waals surface area contributed by atoms with Crippen LogP contribution in [0.5, 0.6) is 0 Å². The standard InChI is InChI=1S/C9H14N2O2S/c1-8-3-4-10-9(7-8)11-5-6-14(2,12)13/h3-4,7H,5-6H2,1-2H3,(H,10,11). The summed E-state index contributed by atoms with van der Waals surface area (Å²) < 4.78 is 21.7. The fourth-order valence-electron chi connectivity index (χ4n) is 0.997. The van der Waals surface area contributed by atoms with E-state index >= 15 is 0 Å². The number of hydrogen-bond acceptors (Lipinski definition) is 4. The SMILES string of the molecule is Cc1ccnc(NCCS(C)(=O)=O)c1. The molecule has 0 saturated heterocycles. The van der Waals surface area contributed by atoms with Crippen LogP contribution in [0.1, 0.15) is 5.56 Å². The van der Waals surface area contributed by atoms with Crippen LogP contribution in [0.3, 0.4) is 0 Å². The van der Waals surface area contributed by atoms with Gasteiger partial charge in [0.15, 0.2) is 0 Å². The molecule has 5 heteroatoms.